The van der Waals surface area contributed by atoms with E-state index >= 15 is 0 Å². The molecule has 1 aromatic heterocycles. The number of rotatable bonds is 6. The van der Waals surface area contributed by atoms with Crippen molar-refractivity contribution in [1.29, 1.82) is 0 Å². The molecule has 32 heavy (non-hydrogen) atoms. The molecule has 160 valence electrons. The van der Waals surface area contributed by atoms with Crippen LogP contribution in [0.25, 0.3) is 10.1 Å². The average molecular weight is 459 g/mol. The molecule has 5 heteroatoms. The van der Waals surface area contributed by atoms with Gasteiger partial charge in [-0.15, -0.1) is 11.3 Å². The highest BCUT2D eigenvalue weighted by molar-refractivity contribution is 8.03. The number of carbonyl (C=O) groups is 2. The van der Waals surface area contributed by atoms with Crippen molar-refractivity contribution >= 4 is 44.9 Å². The van der Waals surface area contributed by atoms with E-state index in [0.717, 1.165) is 31.8 Å². The van der Waals surface area contributed by atoms with Crippen molar-refractivity contribution in [2.24, 2.45) is 0 Å². The highest BCUT2D eigenvalue weighted by Crippen LogP contribution is 2.43. The molecule has 1 saturated heterocycles. The molecule has 2 unspecified atom stereocenters. The minimum Gasteiger partial charge on any atom is -0.453 e. The second-order valence-corrected chi connectivity index (χ2v) is 10.5. The van der Waals surface area contributed by atoms with Crippen molar-refractivity contribution < 1.29 is 14.3 Å². The number of aryl methyl sites for hydroxylation is 1. The first kappa shape index (κ1) is 21.0. The van der Waals surface area contributed by atoms with Gasteiger partial charge in [0.25, 0.3) is 0 Å². The average Bonchev–Trinajstić information content (AvgIpc) is 3.24. The summed E-state index contributed by atoms with van der Waals surface area (Å²) in [5.41, 5.74) is 1.11. The van der Waals surface area contributed by atoms with Gasteiger partial charge in [0.2, 0.25) is 0 Å². The summed E-state index contributed by atoms with van der Waals surface area (Å²) in [6, 6.07) is 29.9. The Labute approximate surface area is 195 Å². The van der Waals surface area contributed by atoms with E-state index in [0.29, 0.717) is 6.42 Å². The third-order valence-electron chi connectivity index (χ3n) is 5.86. The maximum absolute atomic E-state index is 13.3. The van der Waals surface area contributed by atoms with E-state index in [4.69, 9.17) is 4.74 Å². The van der Waals surface area contributed by atoms with Gasteiger partial charge in [0, 0.05) is 4.70 Å². The zero-order valence-electron chi connectivity index (χ0n) is 17.4. The largest absolute Gasteiger partial charge is 0.453 e. The van der Waals surface area contributed by atoms with Crippen molar-refractivity contribution in [2.75, 3.05) is 0 Å². The molecule has 0 bridgehead atoms. The lowest BCUT2D eigenvalue weighted by Crippen LogP contribution is -2.47. The van der Waals surface area contributed by atoms with E-state index in [9.17, 15) is 9.59 Å². The van der Waals surface area contributed by atoms with Crippen molar-refractivity contribution in [2.45, 2.75) is 34.3 Å². The Hall–Kier alpha value is -2.89. The van der Waals surface area contributed by atoms with Crippen LogP contribution in [-0.4, -0.2) is 17.0 Å². The van der Waals surface area contributed by atoms with E-state index in [2.05, 4.69) is 18.2 Å². The molecule has 1 aliphatic heterocycles. The Kier molecular flexibility index (Phi) is 5.85. The fraction of sp³-hybridized carbons (Fsp3) is 0.185. The number of benzene rings is 3. The summed E-state index contributed by atoms with van der Waals surface area (Å²) in [5, 5.41) is 0.301. The normalized spacial score (nSPS) is 20.9. The summed E-state index contributed by atoms with van der Waals surface area (Å²) in [7, 11) is 0. The number of cyclic esters (lactones) is 1. The van der Waals surface area contributed by atoms with Crippen LogP contribution in [0.1, 0.15) is 24.0 Å². The van der Waals surface area contributed by atoms with Gasteiger partial charge in [0.05, 0.1) is 10.6 Å². The topological polar surface area (TPSA) is 43.4 Å². The molecular weight excluding hydrogens is 436 g/mol. The second kappa shape index (κ2) is 8.93. The summed E-state index contributed by atoms with van der Waals surface area (Å²) in [4.78, 5) is 26.5. The predicted octanol–water partition coefficient (Wildman–Crippen LogP) is 6.41. The number of thioether (sulfide) groups is 1. The summed E-state index contributed by atoms with van der Waals surface area (Å²) in [6.07, 6.45) is 1.49. The lowest BCUT2D eigenvalue weighted by Gasteiger charge is -2.39. The van der Waals surface area contributed by atoms with E-state index < -0.39 is 16.8 Å². The number of thiophene rings is 1. The molecule has 0 N–H and O–H groups in total. The molecule has 0 aliphatic carbocycles. The highest BCUT2D eigenvalue weighted by atomic mass is 32.2. The van der Waals surface area contributed by atoms with E-state index in [1.165, 1.54) is 11.8 Å². The molecule has 0 saturated carbocycles. The molecule has 2 atom stereocenters. The third kappa shape index (κ3) is 4.23. The number of hydrogen-bond donors (Lipinski definition) is 0. The third-order valence-corrected chi connectivity index (χ3v) is 8.35. The summed E-state index contributed by atoms with van der Waals surface area (Å²) in [5.74, 6) is -0.513. The Balaban J connectivity index is 1.40. The molecule has 1 fully saturated rings. The number of carbonyl (C=O) groups excluding carboxylic acids is 2. The van der Waals surface area contributed by atoms with Gasteiger partial charge >= 0.3 is 5.97 Å². The van der Waals surface area contributed by atoms with Crippen molar-refractivity contribution in [3.63, 3.8) is 0 Å². The van der Waals surface area contributed by atoms with Crippen LogP contribution >= 0.6 is 23.1 Å². The Morgan fingerprint density at radius 3 is 2.31 bits per heavy atom. The molecule has 0 amide bonds. The Morgan fingerprint density at radius 2 is 1.59 bits per heavy atom. The molecule has 2 heterocycles. The van der Waals surface area contributed by atoms with Crippen LogP contribution < -0.4 is 0 Å². The zero-order valence-corrected chi connectivity index (χ0v) is 19.0. The standard InChI is InChI=1S/C27H22O3S2/c28-22-18-27(21-12-5-2-6-13-21,16-15-19-9-3-1-4-10-19)30-26(29)25(22)32-24-17-20-11-7-8-14-23(20)31-24/h1-14,17,25H,15-16,18H2. The van der Waals surface area contributed by atoms with Gasteiger partial charge in [0.15, 0.2) is 11.0 Å². The van der Waals surface area contributed by atoms with Crippen molar-refractivity contribution in [3.8, 4) is 0 Å². The Bertz CT molecular complexity index is 1200. The lowest BCUT2D eigenvalue weighted by molar-refractivity contribution is -0.171. The number of esters is 1. The van der Waals surface area contributed by atoms with Gasteiger partial charge in [-0.25, -0.2) is 0 Å². The van der Waals surface area contributed by atoms with E-state index in [1.54, 1.807) is 11.3 Å². The number of Topliss-reactive ketones (excluding diaryl/α,β-unsaturated/α-hetero) is 1. The monoisotopic (exact) mass is 458 g/mol. The van der Waals surface area contributed by atoms with Gasteiger partial charge in [-0.3, -0.25) is 9.59 Å². The summed E-state index contributed by atoms with van der Waals surface area (Å²) >= 11 is 2.91. The molecule has 1 aliphatic rings. The van der Waals surface area contributed by atoms with Gasteiger partial charge < -0.3 is 4.74 Å². The van der Waals surface area contributed by atoms with Crippen molar-refractivity contribution in [3.05, 3.63) is 102 Å². The molecular formula is C27H22O3S2. The number of ether oxygens (including phenoxy) is 1. The molecule has 0 spiro atoms. The number of fused-ring (bicyclic) bond motifs is 1. The number of ketones is 1. The van der Waals surface area contributed by atoms with E-state index in [1.807, 2.05) is 72.8 Å². The Morgan fingerprint density at radius 1 is 0.906 bits per heavy atom. The molecule has 4 aromatic rings. The molecule has 0 radical (unpaired) electrons. The van der Waals surface area contributed by atoms with Gasteiger partial charge in [0.1, 0.15) is 5.60 Å². The predicted molar refractivity (Wildman–Crippen MR) is 130 cm³/mol. The maximum Gasteiger partial charge on any atom is 0.328 e. The second-order valence-electron chi connectivity index (χ2n) is 8.01. The molecule has 3 nitrogen and oxygen atoms in total. The van der Waals surface area contributed by atoms with Crippen LogP contribution in [0, 0.1) is 0 Å². The summed E-state index contributed by atoms with van der Waals surface area (Å²) < 4.78 is 8.24. The molecule has 3 aromatic carbocycles. The van der Waals surface area contributed by atoms with Crippen molar-refractivity contribution in [1.82, 2.24) is 0 Å². The van der Waals surface area contributed by atoms with Gasteiger partial charge in [-0.2, -0.15) is 0 Å². The zero-order chi connectivity index (χ0) is 22.0. The summed E-state index contributed by atoms with van der Waals surface area (Å²) in [6.45, 7) is 0. The first-order valence-electron chi connectivity index (χ1n) is 10.6. The quantitative estimate of drug-likeness (QED) is 0.247. The number of hydrogen-bond acceptors (Lipinski definition) is 5. The van der Waals surface area contributed by atoms with Crippen LogP contribution in [-0.2, 0) is 26.3 Å². The minimum atomic E-state index is -0.928. The highest BCUT2D eigenvalue weighted by Gasteiger charge is 2.48. The van der Waals surface area contributed by atoms with Crippen LogP contribution in [0.15, 0.2) is 95.2 Å². The van der Waals surface area contributed by atoms with Gasteiger partial charge in [-0.1, -0.05) is 90.6 Å². The van der Waals surface area contributed by atoms with Crippen LogP contribution in [0.3, 0.4) is 0 Å². The first-order chi connectivity index (χ1) is 15.6. The fourth-order valence-corrected chi connectivity index (χ4v) is 6.54. The smallest absolute Gasteiger partial charge is 0.328 e. The van der Waals surface area contributed by atoms with E-state index in [-0.39, 0.29) is 12.2 Å². The van der Waals surface area contributed by atoms with Gasteiger partial charge in [-0.05, 0) is 41.5 Å². The first-order valence-corrected chi connectivity index (χ1v) is 12.3. The van der Waals surface area contributed by atoms with Crippen LogP contribution in [0.4, 0.5) is 0 Å². The fourth-order valence-electron chi connectivity index (χ4n) is 4.21. The van der Waals surface area contributed by atoms with Crippen LogP contribution in [0.2, 0.25) is 0 Å². The molecule has 5 rings (SSSR count). The maximum atomic E-state index is 13.3. The lowest BCUT2D eigenvalue weighted by atomic mass is 9.81. The SMILES string of the molecule is O=C1CC(CCc2ccccc2)(c2ccccc2)OC(=O)C1Sc1cc2ccccc2s1. The van der Waals surface area contributed by atoms with Crippen LogP contribution in [0.5, 0.6) is 0 Å². The minimum absolute atomic E-state index is 0.0689.